The highest BCUT2D eigenvalue weighted by atomic mass is 35.5. The number of esters is 1. The van der Waals surface area contributed by atoms with Gasteiger partial charge in [0, 0.05) is 5.02 Å². The van der Waals surface area contributed by atoms with Gasteiger partial charge in [-0.3, -0.25) is 0 Å². The Morgan fingerprint density at radius 2 is 1.65 bits per heavy atom. The van der Waals surface area contributed by atoms with E-state index in [1.54, 1.807) is 18.2 Å². The molecule has 3 nitrogen and oxygen atoms in total. The lowest BCUT2D eigenvalue weighted by molar-refractivity contribution is -0.136. The van der Waals surface area contributed by atoms with E-state index in [0.29, 0.717) is 16.5 Å². The van der Waals surface area contributed by atoms with Crippen LogP contribution in [-0.4, -0.2) is 12.6 Å². The van der Waals surface area contributed by atoms with Gasteiger partial charge in [-0.1, -0.05) is 44.5 Å². The van der Waals surface area contributed by atoms with E-state index in [-0.39, 0.29) is 12.0 Å². The van der Waals surface area contributed by atoms with Crippen molar-refractivity contribution in [2.24, 2.45) is 0 Å². The van der Waals surface area contributed by atoms with Gasteiger partial charge >= 0.3 is 5.97 Å². The van der Waals surface area contributed by atoms with Crippen molar-refractivity contribution in [2.75, 3.05) is 6.61 Å². The average molecular weight is 333 g/mol. The number of carbonyl (C=O) groups is 1. The molecule has 23 heavy (non-hydrogen) atoms. The summed E-state index contributed by atoms with van der Waals surface area (Å²) in [6.45, 7) is 8.15. The molecule has 0 N–H and O–H groups in total. The Kier molecular flexibility index (Phi) is 5.32. The molecule has 0 heterocycles. The second-order valence-corrected chi connectivity index (χ2v) is 6.86. The van der Waals surface area contributed by atoms with E-state index in [2.05, 4.69) is 20.8 Å². The van der Waals surface area contributed by atoms with E-state index >= 15 is 0 Å². The van der Waals surface area contributed by atoms with Crippen LogP contribution in [0.15, 0.2) is 42.5 Å². The van der Waals surface area contributed by atoms with Crippen molar-refractivity contribution in [3.63, 3.8) is 0 Å². The topological polar surface area (TPSA) is 35.5 Å². The van der Waals surface area contributed by atoms with Crippen LogP contribution in [-0.2, 0) is 10.2 Å². The molecule has 0 aliphatic carbocycles. The van der Waals surface area contributed by atoms with Gasteiger partial charge in [0.1, 0.15) is 11.5 Å². The van der Waals surface area contributed by atoms with Gasteiger partial charge in [-0.25, -0.2) is 4.79 Å². The number of rotatable bonds is 4. The van der Waals surface area contributed by atoms with Crippen LogP contribution in [0.1, 0.15) is 31.9 Å². The summed E-state index contributed by atoms with van der Waals surface area (Å²) in [5.41, 5.74) is 2.16. The molecule has 2 aromatic carbocycles. The standard InChI is InChI=1S/C19H21ClO3/c1-13-11-16(9-10-17(13)20)23-18(21)12-22-15-7-5-14(6-8-15)19(2,3)4/h5-11H,12H2,1-4H3. The Morgan fingerprint density at radius 1 is 1.04 bits per heavy atom. The maximum absolute atomic E-state index is 11.8. The number of carbonyl (C=O) groups excluding carboxylic acids is 1. The van der Waals surface area contributed by atoms with Gasteiger partial charge in [0.15, 0.2) is 6.61 Å². The zero-order chi connectivity index (χ0) is 17.0. The van der Waals surface area contributed by atoms with Crippen LogP contribution in [0.4, 0.5) is 0 Å². The molecule has 0 bridgehead atoms. The molecule has 4 heteroatoms. The second kappa shape index (κ2) is 7.05. The zero-order valence-electron chi connectivity index (χ0n) is 13.9. The number of hydrogen-bond acceptors (Lipinski definition) is 3. The van der Waals surface area contributed by atoms with Crippen LogP contribution >= 0.6 is 11.6 Å². The molecular formula is C19H21ClO3. The number of ether oxygens (including phenoxy) is 2. The molecule has 122 valence electrons. The summed E-state index contributed by atoms with van der Waals surface area (Å²) in [6.07, 6.45) is 0. The summed E-state index contributed by atoms with van der Waals surface area (Å²) in [5.74, 6) is 0.650. The molecular weight excluding hydrogens is 312 g/mol. The van der Waals surface area contributed by atoms with E-state index < -0.39 is 5.97 Å². The van der Waals surface area contributed by atoms with Crippen LogP contribution < -0.4 is 9.47 Å². The monoisotopic (exact) mass is 332 g/mol. The maximum atomic E-state index is 11.8. The first kappa shape index (κ1) is 17.4. The third kappa shape index (κ3) is 5.00. The van der Waals surface area contributed by atoms with Gasteiger partial charge in [0.05, 0.1) is 0 Å². The van der Waals surface area contributed by atoms with Crippen LogP contribution in [0.25, 0.3) is 0 Å². The van der Waals surface area contributed by atoms with E-state index in [1.165, 1.54) is 5.56 Å². The summed E-state index contributed by atoms with van der Waals surface area (Å²) in [5, 5.41) is 0.639. The average Bonchev–Trinajstić information content (AvgIpc) is 2.48. The lowest BCUT2D eigenvalue weighted by Crippen LogP contribution is -2.18. The Morgan fingerprint density at radius 3 is 2.22 bits per heavy atom. The molecule has 0 fully saturated rings. The predicted octanol–water partition coefficient (Wildman–Crippen LogP) is 4.93. The first-order valence-corrected chi connectivity index (χ1v) is 7.84. The molecule has 0 radical (unpaired) electrons. The van der Waals surface area contributed by atoms with Crippen molar-refractivity contribution in [1.29, 1.82) is 0 Å². The molecule has 0 aromatic heterocycles. The van der Waals surface area contributed by atoms with Crippen molar-refractivity contribution in [3.05, 3.63) is 58.6 Å². The first-order chi connectivity index (χ1) is 10.8. The lowest BCUT2D eigenvalue weighted by Gasteiger charge is -2.19. The van der Waals surface area contributed by atoms with Gasteiger partial charge in [-0.2, -0.15) is 0 Å². The highest BCUT2D eigenvalue weighted by Crippen LogP contribution is 2.24. The summed E-state index contributed by atoms with van der Waals surface area (Å²) >= 11 is 5.94. The van der Waals surface area contributed by atoms with Crippen LogP contribution in [0.5, 0.6) is 11.5 Å². The molecule has 2 aromatic rings. The van der Waals surface area contributed by atoms with Crippen molar-refractivity contribution in [1.82, 2.24) is 0 Å². The molecule has 0 spiro atoms. The Balaban J connectivity index is 1.90. The molecule has 0 atom stereocenters. The Hall–Kier alpha value is -2.00. The van der Waals surface area contributed by atoms with Gasteiger partial charge in [-0.15, -0.1) is 0 Å². The Bertz CT molecular complexity index is 685. The van der Waals surface area contributed by atoms with Gasteiger partial charge in [0.2, 0.25) is 0 Å². The Labute approximate surface area is 142 Å². The van der Waals surface area contributed by atoms with Crippen molar-refractivity contribution in [3.8, 4) is 11.5 Å². The number of hydrogen-bond donors (Lipinski definition) is 0. The smallest absolute Gasteiger partial charge is 0.349 e. The number of benzene rings is 2. The normalized spacial score (nSPS) is 11.2. The molecule has 0 aliphatic rings. The summed E-state index contributed by atoms with van der Waals surface area (Å²) < 4.78 is 10.7. The van der Waals surface area contributed by atoms with Crippen LogP contribution in [0.2, 0.25) is 5.02 Å². The highest BCUT2D eigenvalue weighted by Gasteiger charge is 2.13. The van der Waals surface area contributed by atoms with Crippen LogP contribution in [0, 0.1) is 6.92 Å². The summed E-state index contributed by atoms with van der Waals surface area (Å²) in [6, 6.07) is 12.8. The molecule has 0 unspecified atom stereocenters. The molecule has 0 saturated carbocycles. The third-order valence-corrected chi connectivity index (χ3v) is 3.86. The van der Waals surface area contributed by atoms with Crippen LogP contribution in [0.3, 0.4) is 0 Å². The van der Waals surface area contributed by atoms with Crippen molar-refractivity contribution >= 4 is 17.6 Å². The largest absolute Gasteiger partial charge is 0.482 e. The molecule has 0 aliphatic heterocycles. The minimum atomic E-state index is -0.452. The second-order valence-electron chi connectivity index (χ2n) is 6.45. The quantitative estimate of drug-likeness (QED) is 0.588. The fourth-order valence-corrected chi connectivity index (χ4v) is 2.15. The van der Waals surface area contributed by atoms with Gasteiger partial charge in [0.25, 0.3) is 0 Å². The van der Waals surface area contributed by atoms with E-state index in [9.17, 15) is 4.79 Å². The number of aryl methyl sites for hydroxylation is 1. The minimum absolute atomic E-state index is 0.0872. The predicted molar refractivity (Wildman–Crippen MR) is 92.5 cm³/mol. The number of halogens is 1. The summed E-state index contributed by atoms with van der Waals surface area (Å²) in [7, 11) is 0. The lowest BCUT2D eigenvalue weighted by atomic mass is 9.87. The van der Waals surface area contributed by atoms with Gasteiger partial charge in [-0.05, 0) is 53.8 Å². The van der Waals surface area contributed by atoms with Crippen molar-refractivity contribution < 1.29 is 14.3 Å². The van der Waals surface area contributed by atoms with E-state index in [4.69, 9.17) is 21.1 Å². The minimum Gasteiger partial charge on any atom is -0.482 e. The fraction of sp³-hybridized carbons (Fsp3) is 0.316. The molecule has 2 rings (SSSR count). The van der Waals surface area contributed by atoms with Gasteiger partial charge < -0.3 is 9.47 Å². The first-order valence-electron chi connectivity index (χ1n) is 7.46. The zero-order valence-corrected chi connectivity index (χ0v) is 14.6. The third-order valence-electron chi connectivity index (χ3n) is 3.44. The fourth-order valence-electron chi connectivity index (χ4n) is 2.03. The SMILES string of the molecule is Cc1cc(OC(=O)COc2ccc(C(C)(C)C)cc2)ccc1Cl. The molecule has 0 amide bonds. The van der Waals surface area contributed by atoms with E-state index in [1.807, 2.05) is 31.2 Å². The maximum Gasteiger partial charge on any atom is 0.349 e. The summed E-state index contributed by atoms with van der Waals surface area (Å²) in [4.78, 5) is 11.8. The van der Waals surface area contributed by atoms with E-state index in [0.717, 1.165) is 5.56 Å². The molecule has 0 saturated heterocycles. The highest BCUT2D eigenvalue weighted by molar-refractivity contribution is 6.31. The van der Waals surface area contributed by atoms with Crippen molar-refractivity contribution in [2.45, 2.75) is 33.1 Å².